The topological polar surface area (TPSA) is 30.2 Å². The van der Waals surface area contributed by atoms with Crippen LogP contribution in [0.15, 0.2) is 52.9 Å². The maximum atomic E-state index is 12.8. The number of halogens is 2. The van der Waals surface area contributed by atoms with E-state index in [1.165, 1.54) is 24.3 Å². The maximum Gasteiger partial charge on any atom is 0.228 e. The second-order valence-electron chi connectivity index (χ2n) is 4.10. The molecule has 19 heavy (non-hydrogen) atoms. The van der Waals surface area contributed by atoms with Gasteiger partial charge in [0.05, 0.1) is 5.02 Å². The summed E-state index contributed by atoms with van der Waals surface area (Å²) < 4.78 is 18.3. The fraction of sp³-hybridized carbons (Fsp3) is 0. The molecule has 3 aromatic rings. The third-order valence-corrected chi connectivity index (χ3v) is 3.17. The van der Waals surface area contributed by atoms with E-state index in [1.807, 2.05) is 0 Å². The molecule has 1 aromatic heterocycles. The lowest BCUT2D eigenvalue weighted by atomic mass is 10.1. The highest BCUT2D eigenvalue weighted by Crippen LogP contribution is 2.27. The molecule has 3 rings (SSSR count). The molecule has 0 radical (unpaired) electrons. The summed E-state index contributed by atoms with van der Waals surface area (Å²) in [4.78, 5) is 12.2. The summed E-state index contributed by atoms with van der Waals surface area (Å²) in [6.45, 7) is 0. The number of hydrogen-bond donors (Lipinski definition) is 0. The second-order valence-corrected chi connectivity index (χ2v) is 4.51. The third kappa shape index (κ3) is 2.13. The molecule has 1 heterocycles. The molecule has 2 nitrogen and oxygen atoms in total. The van der Waals surface area contributed by atoms with Crippen LogP contribution in [0.2, 0.25) is 5.02 Å². The van der Waals surface area contributed by atoms with Crippen molar-refractivity contribution in [3.05, 3.63) is 70.7 Å². The lowest BCUT2D eigenvalue weighted by Crippen LogP contribution is -1.99. The molecule has 0 amide bonds. The number of ketones is 1. The van der Waals surface area contributed by atoms with Crippen LogP contribution in [-0.2, 0) is 0 Å². The molecule has 0 atom stereocenters. The van der Waals surface area contributed by atoms with Gasteiger partial charge in [0.25, 0.3) is 0 Å². The number of rotatable bonds is 2. The van der Waals surface area contributed by atoms with E-state index in [0.29, 0.717) is 21.6 Å². The number of fused-ring (bicyclic) bond motifs is 1. The van der Waals surface area contributed by atoms with Gasteiger partial charge in [-0.2, -0.15) is 0 Å². The minimum atomic E-state index is -0.385. The van der Waals surface area contributed by atoms with Gasteiger partial charge in [0.1, 0.15) is 11.4 Å². The van der Waals surface area contributed by atoms with Gasteiger partial charge in [-0.3, -0.25) is 4.79 Å². The van der Waals surface area contributed by atoms with Crippen molar-refractivity contribution in [1.29, 1.82) is 0 Å². The molecular weight excluding hydrogens is 267 g/mol. The van der Waals surface area contributed by atoms with Crippen molar-refractivity contribution < 1.29 is 13.6 Å². The molecule has 0 N–H and O–H groups in total. The highest BCUT2D eigenvalue weighted by atomic mass is 35.5. The average Bonchev–Trinajstić information content (AvgIpc) is 2.84. The lowest BCUT2D eigenvalue weighted by Gasteiger charge is -1.96. The van der Waals surface area contributed by atoms with Crippen LogP contribution in [0.5, 0.6) is 0 Å². The summed E-state index contributed by atoms with van der Waals surface area (Å²) in [5.41, 5.74) is 0.926. The number of hydrogen-bond acceptors (Lipinski definition) is 2. The Hall–Kier alpha value is -2.13. The van der Waals surface area contributed by atoms with E-state index in [2.05, 4.69) is 0 Å². The smallest absolute Gasteiger partial charge is 0.228 e. The molecule has 0 aliphatic rings. The first-order valence-corrected chi connectivity index (χ1v) is 6.01. The number of benzene rings is 2. The van der Waals surface area contributed by atoms with Crippen LogP contribution >= 0.6 is 11.6 Å². The Balaban J connectivity index is 2.06. The minimum absolute atomic E-state index is 0.190. The van der Waals surface area contributed by atoms with E-state index in [4.69, 9.17) is 16.0 Å². The Morgan fingerprint density at radius 1 is 1.11 bits per heavy atom. The third-order valence-electron chi connectivity index (χ3n) is 2.84. The Morgan fingerprint density at radius 2 is 1.84 bits per heavy atom. The fourth-order valence-corrected chi connectivity index (χ4v) is 2.10. The minimum Gasteiger partial charge on any atom is -0.453 e. The van der Waals surface area contributed by atoms with Crippen molar-refractivity contribution in [3.63, 3.8) is 0 Å². The highest BCUT2D eigenvalue weighted by molar-refractivity contribution is 6.35. The zero-order chi connectivity index (χ0) is 13.4. The van der Waals surface area contributed by atoms with Gasteiger partial charge in [-0.25, -0.2) is 4.39 Å². The van der Waals surface area contributed by atoms with Gasteiger partial charge >= 0.3 is 0 Å². The van der Waals surface area contributed by atoms with E-state index < -0.39 is 0 Å². The normalized spacial score (nSPS) is 10.8. The molecule has 4 heteroatoms. The van der Waals surface area contributed by atoms with E-state index >= 15 is 0 Å². The van der Waals surface area contributed by atoms with Crippen molar-refractivity contribution in [3.8, 4) is 0 Å². The van der Waals surface area contributed by atoms with Crippen molar-refractivity contribution in [2.45, 2.75) is 0 Å². The van der Waals surface area contributed by atoms with Crippen LogP contribution in [0.25, 0.3) is 11.0 Å². The van der Waals surface area contributed by atoms with Gasteiger partial charge in [-0.15, -0.1) is 0 Å². The van der Waals surface area contributed by atoms with Gasteiger partial charge < -0.3 is 4.42 Å². The number of furan rings is 1. The van der Waals surface area contributed by atoms with Gasteiger partial charge in [0, 0.05) is 10.9 Å². The van der Waals surface area contributed by atoms with E-state index in [1.54, 1.807) is 24.3 Å². The van der Waals surface area contributed by atoms with Crippen LogP contribution < -0.4 is 0 Å². The molecule has 0 spiro atoms. The maximum absolute atomic E-state index is 12.8. The van der Waals surface area contributed by atoms with Crippen LogP contribution in [0.4, 0.5) is 4.39 Å². The summed E-state index contributed by atoms with van der Waals surface area (Å²) in [5, 5.41) is 1.22. The molecule has 0 aliphatic carbocycles. The zero-order valence-corrected chi connectivity index (χ0v) is 10.4. The molecule has 2 aromatic carbocycles. The first-order chi connectivity index (χ1) is 9.15. The molecule has 0 saturated heterocycles. The molecule has 0 fully saturated rings. The van der Waals surface area contributed by atoms with Crippen molar-refractivity contribution in [1.82, 2.24) is 0 Å². The molecule has 0 bridgehead atoms. The average molecular weight is 275 g/mol. The Labute approximate surface area is 113 Å². The predicted octanol–water partition coefficient (Wildman–Crippen LogP) is 4.46. The van der Waals surface area contributed by atoms with E-state index in [-0.39, 0.29) is 17.4 Å². The second kappa shape index (κ2) is 4.52. The summed E-state index contributed by atoms with van der Waals surface area (Å²) in [6, 6.07) is 12.1. The van der Waals surface area contributed by atoms with Gasteiger partial charge in [-0.1, -0.05) is 17.7 Å². The molecule has 0 aliphatic heterocycles. The summed E-state index contributed by atoms with van der Waals surface area (Å²) in [7, 11) is 0. The SMILES string of the molecule is O=C(c1ccc(F)cc1)c1cc2c(Cl)cccc2o1. The lowest BCUT2D eigenvalue weighted by molar-refractivity contribution is 0.101. The monoisotopic (exact) mass is 274 g/mol. The predicted molar refractivity (Wildman–Crippen MR) is 71.1 cm³/mol. The van der Waals surface area contributed by atoms with Crippen LogP contribution in [0, 0.1) is 5.82 Å². The number of carbonyl (C=O) groups excluding carboxylic acids is 1. The molecule has 0 unspecified atom stereocenters. The van der Waals surface area contributed by atoms with Gasteiger partial charge in [0.15, 0.2) is 5.76 Å². The zero-order valence-electron chi connectivity index (χ0n) is 9.69. The first kappa shape index (κ1) is 11.9. The van der Waals surface area contributed by atoms with Crippen LogP contribution in [0.3, 0.4) is 0 Å². The van der Waals surface area contributed by atoms with Crippen LogP contribution in [-0.4, -0.2) is 5.78 Å². The largest absolute Gasteiger partial charge is 0.453 e. The van der Waals surface area contributed by atoms with Gasteiger partial charge in [0.2, 0.25) is 5.78 Å². The van der Waals surface area contributed by atoms with Crippen molar-refractivity contribution in [2.75, 3.05) is 0 Å². The quantitative estimate of drug-likeness (QED) is 0.646. The summed E-state index contributed by atoms with van der Waals surface area (Å²) in [5.74, 6) is -0.494. The van der Waals surface area contributed by atoms with Gasteiger partial charge in [-0.05, 0) is 42.5 Å². The van der Waals surface area contributed by atoms with Crippen molar-refractivity contribution >= 4 is 28.4 Å². The summed E-state index contributed by atoms with van der Waals surface area (Å²) in [6.07, 6.45) is 0. The summed E-state index contributed by atoms with van der Waals surface area (Å²) >= 11 is 6.02. The first-order valence-electron chi connectivity index (χ1n) is 5.63. The Morgan fingerprint density at radius 3 is 2.53 bits per heavy atom. The van der Waals surface area contributed by atoms with Crippen LogP contribution in [0.1, 0.15) is 16.1 Å². The standard InChI is InChI=1S/C15H8ClFO2/c16-12-2-1-3-13-11(12)8-14(19-13)15(18)9-4-6-10(17)7-5-9/h1-8H. The highest BCUT2D eigenvalue weighted by Gasteiger charge is 2.15. The van der Waals surface area contributed by atoms with E-state index in [0.717, 1.165) is 0 Å². The van der Waals surface area contributed by atoms with Crippen molar-refractivity contribution in [2.24, 2.45) is 0 Å². The Kier molecular flexibility index (Phi) is 2.84. The molecule has 94 valence electrons. The van der Waals surface area contributed by atoms with E-state index in [9.17, 15) is 9.18 Å². The molecule has 0 saturated carbocycles. The molecular formula is C15H8ClFO2. The number of carbonyl (C=O) groups is 1. The fourth-order valence-electron chi connectivity index (χ4n) is 1.88. The Bertz CT molecular complexity index is 759.